The summed E-state index contributed by atoms with van der Waals surface area (Å²) in [6, 6.07) is 0. The van der Waals surface area contributed by atoms with Gasteiger partial charge >= 0.3 is 0 Å². The molecule has 0 radical (unpaired) electrons. The van der Waals surface area contributed by atoms with E-state index >= 15 is 0 Å². The number of nitrogens with zero attached hydrogens (tertiary/aromatic N) is 1. The normalized spacial score (nSPS) is 14.3. The molecule has 0 aromatic heterocycles. The zero-order chi connectivity index (χ0) is 10.9. The fourth-order valence-corrected chi connectivity index (χ4v) is 1.32. The van der Waals surface area contributed by atoms with Gasteiger partial charge < -0.3 is 16.0 Å². The third kappa shape index (κ3) is 5.24. The van der Waals surface area contributed by atoms with Crippen LogP contribution < -0.4 is 16.0 Å². The van der Waals surface area contributed by atoms with Crippen LogP contribution in [-0.4, -0.2) is 38.0 Å². The molecule has 0 fully saturated rings. The van der Waals surface area contributed by atoms with Crippen LogP contribution in [0.2, 0.25) is 0 Å². The SMILES string of the molecule is CCCCC(=O)NCCNC1=NCCN1. The van der Waals surface area contributed by atoms with Crippen LogP contribution in [-0.2, 0) is 4.79 Å². The lowest BCUT2D eigenvalue weighted by molar-refractivity contribution is -0.121. The maximum atomic E-state index is 11.2. The van der Waals surface area contributed by atoms with Crippen LogP contribution in [0.5, 0.6) is 0 Å². The van der Waals surface area contributed by atoms with Crippen molar-refractivity contribution >= 4 is 11.9 Å². The average molecular weight is 212 g/mol. The molecule has 0 bridgehead atoms. The predicted molar refractivity (Wildman–Crippen MR) is 60.8 cm³/mol. The van der Waals surface area contributed by atoms with E-state index in [1.165, 1.54) is 0 Å². The molecule has 0 saturated carbocycles. The summed E-state index contributed by atoms with van der Waals surface area (Å²) < 4.78 is 0. The Labute approximate surface area is 90.7 Å². The van der Waals surface area contributed by atoms with Gasteiger partial charge in [0, 0.05) is 26.1 Å². The van der Waals surface area contributed by atoms with E-state index in [-0.39, 0.29) is 5.91 Å². The van der Waals surface area contributed by atoms with Crippen molar-refractivity contribution in [3.05, 3.63) is 0 Å². The Morgan fingerprint density at radius 2 is 2.40 bits per heavy atom. The minimum atomic E-state index is 0.139. The molecular weight excluding hydrogens is 192 g/mol. The lowest BCUT2D eigenvalue weighted by Gasteiger charge is -2.07. The quantitative estimate of drug-likeness (QED) is 0.536. The lowest BCUT2D eigenvalue weighted by Crippen LogP contribution is -2.39. The van der Waals surface area contributed by atoms with Crippen LogP contribution in [0.25, 0.3) is 0 Å². The monoisotopic (exact) mass is 212 g/mol. The number of amides is 1. The van der Waals surface area contributed by atoms with Gasteiger partial charge in [0.1, 0.15) is 0 Å². The van der Waals surface area contributed by atoms with Crippen LogP contribution in [0, 0.1) is 0 Å². The van der Waals surface area contributed by atoms with Crippen molar-refractivity contribution in [2.75, 3.05) is 26.2 Å². The van der Waals surface area contributed by atoms with Crippen molar-refractivity contribution in [3.63, 3.8) is 0 Å². The largest absolute Gasteiger partial charge is 0.355 e. The number of guanidine groups is 1. The summed E-state index contributed by atoms with van der Waals surface area (Å²) >= 11 is 0. The van der Waals surface area contributed by atoms with Gasteiger partial charge in [-0.15, -0.1) is 0 Å². The highest BCUT2D eigenvalue weighted by atomic mass is 16.1. The number of carbonyl (C=O) groups excluding carboxylic acids is 1. The molecule has 1 amide bonds. The van der Waals surface area contributed by atoms with E-state index in [4.69, 9.17) is 0 Å². The van der Waals surface area contributed by atoms with Crippen molar-refractivity contribution in [1.82, 2.24) is 16.0 Å². The standard InChI is InChI=1S/C10H20N4O/c1-2-3-4-9(15)11-5-6-12-10-13-7-8-14-10/h2-8H2,1H3,(H,11,15)(H2,12,13,14). The molecule has 0 aromatic carbocycles. The second-order valence-corrected chi connectivity index (χ2v) is 3.54. The van der Waals surface area contributed by atoms with E-state index in [1.807, 2.05) is 0 Å². The van der Waals surface area contributed by atoms with E-state index in [0.717, 1.165) is 38.4 Å². The smallest absolute Gasteiger partial charge is 0.220 e. The van der Waals surface area contributed by atoms with Crippen molar-refractivity contribution < 1.29 is 4.79 Å². The molecule has 1 aliphatic rings. The summed E-state index contributed by atoms with van der Waals surface area (Å²) in [5.41, 5.74) is 0. The molecule has 3 N–H and O–H groups in total. The fourth-order valence-electron chi connectivity index (χ4n) is 1.32. The molecule has 0 aromatic rings. The van der Waals surface area contributed by atoms with Crippen molar-refractivity contribution in [3.8, 4) is 0 Å². The van der Waals surface area contributed by atoms with E-state index in [1.54, 1.807) is 0 Å². The van der Waals surface area contributed by atoms with Gasteiger partial charge in [-0.3, -0.25) is 9.79 Å². The molecule has 5 nitrogen and oxygen atoms in total. The van der Waals surface area contributed by atoms with Gasteiger partial charge in [0.05, 0.1) is 6.54 Å². The molecule has 86 valence electrons. The minimum Gasteiger partial charge on any atom is -0.355 e. The Bertz CT molecular complexity index is 227. The first kappa shape index (κ1) is 11.8. The topological polar surface area (TPSA) is 65.5 Å². The van der Waals surface area contributed by atoms with E-state index in [0.29, 0.717) is 13.0 Å². The van der Waals surface area contributed by atoms with Crippen LogP contribution in [0.4, 0.5) is 0 Å². The Balaban J connectivity index is 1.94. The third-order valence-corrected chi connectivity index (χ3v) is 2.17. The van der Waals surface area contributed by atoms with Gasteiger partial charge in [-0.1, -0.05) is 13.3 Å². The zero-order valence-corrected chi connectivity index (χ0v) is 9.31. The summed E-state index contributed by atoms with van der Waals surface area (Å²) in [5.74, 6) is 0.984. The molecule has 0 spiro atoms. The van der Waals surface area contributed by atoms with Gasteiger partial charge in [-0.25, -0.2) is 0 Å². The zero-order valence-electron chi connectivity index (χ0n) is 9.31. The van der Waals surface area contributed by atoms with E-state index < -0.39 is 0 Å². The second-order valence-electron chi connectivity index (χ2n) is 3.54. The van der Waals surface area contributed by atoms with Gasteiger partial charge in [-0.2, -0.15) is 0 Å². The highest BCUT2D eigenvalue weighted by Crippen LogP contribution is 1.92. The Hall–Kier alpha value is -1.26. The first-order chi connectivity index (χ1) is 7.33. The number of hydrogen-bond acceptors (Lipinski definition) is 4. The highest BCUT2D eigenvalue weighted by molar-refractivity contribution is 5.81. The number of rotatable bonds is 6. The minimum absolute atomic E-state index is 0.139. The number of aliphatic imine (C=N–C) groups is 1. The second kappa shape index (κ2) is 7.09. The summed E-state index contributed by atoms with van der Waals surface area (Å²) in [5, 5.41) is 9.08. The average Bonchev–Trinajstić information content (AvgIpc) is 2.74. The molecule has 1 rings (SSSR count). The summed E-state index contributed by atoms with van der Waals surface area (Å²) in [6.45, 7) is 5.21. The number of nitrogens with one attached hydrogen (secondary N) is 3. The van der Waals surface area contributed by atoms with Crippen LogP contribution in [0.15, 0.2) is 4.99 Å². The number of unbranched alkanes of at least 4 members (excludes halogenated alkanes) is 1. The molecule has 0 atom stereocenters. The van der Waals surface area contributed by atoms with Gasteiger partial charge in [0.15, 0.2) is 5.96 Å². The molecule has 0 unspecified atom stereocenters. The van der Waals surface area contributed by atoms with Gasteiger partial charge in [0.25, 0.3) is 0 Å². The van der Waals surface area contributed by atoms with E-state index in [9.17, 15) is 4.79 Å². The molecule has 1 aliphatic heterocycles. The maximum Gasteiger partial charge on any atom is 0.220 e. The van der Waals surface area contributed by atoms with Crippen LogP contribution in [0.3, 0.4) is 0 Å². The van der Waals surface area contributed by atoms with Gasteiger partial charge in [0.2, 0.25) is 5.91 Å². The van der Waals surface area contributed by atoms with Gasteiger partial charge in [-0.05, 0) is 6.42 Å². The van der Waals surface area contributed by atoms with E-state index in [2.05, 4.69) is 27.9 Å². The molecule has 1 heterocycles. The molecule has 15 heavy (non-hydrogen) atoms. The third-order valence-electron chi connectivity index (χ3n) is 2.17. The molecule has 0 aliphatic carbocycles. The number of hydrogen-bond donors (Lipinski definition) is 3. The Kier molecular flexibility index (Phi) is 5.58. The summed E-state index contributed by atoms with van der Waals surface area (Å²) in [6.07, 6.45) is 2.66. The van der Waals surface area contributed by atoms with Crippen LogP contribution >= 0.6 is 0 Å². The molecule has 0 saturated heterocycles. The van der Waals surface area contributed by atoms with Crippen molar-refractivity contribution in [1.29, 1.82) is 0 Å². The lowest BCUT2D eigenvalue weighted by atomic mass is 10.2. The van der Waals surface area contributed by atoms with Crippen LogP contribution in [0.1, 0.15) is 26.2 Å². The highest BCUT2D eigenvalue weighted by Gasteiger charge is 2.03. The Morgan fingerprint density at radius 1 is 1.53 bits per heavy atom. The first-order valence-corrected chi connectivity index (χ1v) is 5.62. The molecular formula is C10H20N4O. The number of carbonyl (C=O) groups is 1. The first-order valence-electron chi connectivity index (χ1n) is 5.62. The fraction of sp³-hybridized carbons (Fsp3) is 0.800. The summed E-state index contributed by atoms with van der Waals surface area (Å²) in [4.78, 5) is 15.4. The maximum absolute atomic E-state index is 11.2. The summed E-state index contributed by atoms with van der Waals surface area (Å²) in [7, 11) is 0. The van der Waals surface area contributed by atoms with Crippen molar-refractivity contribution in [2.24, 2.45) is 4.99 Å². The Morgan fingerprint density at radius 3 is 3.07 bits per heavy atom. The predicted octanol–water partition coefficient (Wildman–Crippen LogP) is -0.158. The molecule has 5 heteroatoms. The van der Waals surface area contributed by atoms with Crippen molar-refractivity contribution in [2.45, 2.75) is 26.2 Å².